The highest BCUT2D eigenvalue weighted by atomic mass is 19.1. The summed E-state index contributed by atoms with van der Waals surface area (Å²) in [5, 5.41) is 8.32. The molecule has 6 rings (SSSR count). The van der Waals surface area contributed by atoms with Crippen LogP contribution in [-0.4, -0.2) is 61.1 Å². The predicted molar refractivity (Wildman–Crippen MR) is 92.8 cm³/mol. The van der Waals surface area contributed by atoms with Crippen LogP contribution >= 0.6 is 0 Å². The van der Waals surface area contributed by atoms with E-state index in [1.165, 1.54) is 4.90 Å². The summed E-state index contributed by atoms with van der Waals surface area (Å²) in [7, 11) is 0. The summed E-state index contributed by atoms with van der Waals surface area (Å²) in [4.78, 5) is 32.3. The second-order valence-electron chi connectivity index (χ2n) is 7.71. The van der Waals surface area contributed by atoms with E-state index in [9.17, 15) is 14.0 Å². The summed E-state index contributed by atoms with van der Waals surface area (Å²) in [6, 6.07) is 9.13. The van der Waals surface area contributed by atoms with Crippen LogP contribution in [0.15, 0.2) is 36.5 Å². The van der Waals surface area contributed by atoms with Crippen molar-refractivity contribution in [3.63, 3.8) is 0 Å². The van der Waals surface area contributed by atoms with Crippen LogP contribution in [0.1, 0.15) is 25.0 Å². The SMILES string of the molecule is O=C1C(=O)N(C23CC(F)(C2)C3)CCN1Cc1ccc(-c2ccccn2)nn1. The van der Waals surface area contributed by atoms with E-state index in [2.05, 4.69) is 15.2 Å². The zero-order chi connectivity index (χ0) is 18.6. The highest BCUT2D eigenvalue weighted by Crippen LogP contribution is 2.66. The molecular weight excluding hydrogens is 349 g/mol. The number of aromatic nitrogens is 3. The monoisotopic (exact) mass is 367 g/mol. The quantitative estimate of drug-likeness (QED) is 0.763. The number of hydrogen-bond acceptors (Lipinski definition) is 5. The minimum atomic E-state index is -1.09. The highest BCUT2D eigenvalue weighted by molar-refractivity contribution is 6.35. The lowest BCUT2D eigenvalue weighted by molar-refractivity contribution is -0.230. The number of hydrogen-bond donors (Lipinski definition) is 0. The van der Waals surface area contributed by atoms with E-state index in [0.29, 0.717) is 43.7 Å². The van der Waals surface area contributed by atoms with Gasteiger partial charge in [-0.25, -0.2) is 4.39 Å². The fraction of sp³-hybridized carbons (Fsp3) is 0.421. The van der Waals surface area contributed by atoms with Crippen LogP contribution in [0.5, 0.6) is 0 Å². The Labute approximate surface area is 155 Å². The van der Waals surface area contributed by atoms with E-state index in [4.69, 9.17) is 0 Å². The molecular formula is C19H18FN5O2. The fourth-order valence-electron chi connectivity index (χ4n) is 4.47. The number of halogens is 1. The Balaban J connectivity index is 1.25. The molecule has 2 aromatic rings. The van der Waals surface area contributed by atoms with Gasteiger partial charge in [0.1, 0.15) is 11.4 Å². The lowest BCUT2D eigenvalue weighted by Crippen LogP contribution is -2.79. The molecule has 0 aromatic carbocycles. The molecule has 7 nitrogen and oxygen atoms in total. The second kappa shape index (κ2) is 5.55. The van der Waals surface area contributed by atoms with Crippen molar-refractivity contribution in [1.29, 1.82) is 0 Å². The van der Waals surface area contributed by atoms with Crippen LogP contribution in [0.4, 0.5) is 4.39 Å². The molecule has 3 aliphatic carbocycles. The molecule has 0 atom stereocenters. The van der Waals surface area contributed by atoms with Crippen molar-refractivity contribution in [2.45, 2.75) is 37.0 Å². The molecule has 2 bridgehead atoms. The van der Waals surface area contributed by atoms with Crippen molar-refractivity contribution >= 4 is 11.8 Å². The van der Waals surface area contributed by atoms with E-state index in [0.717, 1.165) is 5.69 Å². The zero-order valence-corrected chi connectivity index (χ0v) is 14.6. The molecule has 2 aromatic heterocycles. The smallest absolute Gasteiger partial charge is 0.312 e. The summed E-state index contributed by atoms with van der Waals surface area (Å²) >= 11 is 0. The lowest BCUT2D eigenvalue weighted by Gasteiger charge is -2.69. The first-order chi connectivity index (χ1) is 13.0. The molecule has 1 aliphatic heterocycles. The Morgan fingerprint density at radius 3 is 2.41 bits per heavy atom. The van der Waals surface area contributed by atoms with Crippen molar-refractivity contribution in [3.8, 4) is 11.4 Å². The predicted octanol–water partition coefficient (Wildman–Crippen LogP) is 1.35. The van der Waals surface area contributed by atoms with Gasteiger partial charge >= 0.3 is 11.8 Å². The first kappa shape index (κ1) is 16.3. The molecule has 0 radical (unpaired) electrons. The molecule has 27 heavy (non-hydrogen) atoms. The van der Waals surface area contributed by atoms with Gasteiger partial charge in [-0.1, -0.05) is 6.07 Å². The van der Waals surface area contributed by atoms with Crippen molar-refractivity contribution in [2.24, 2.45) is 0 Å². The average molecular weight is 367 g/mol. The van der Waals surface area contributed by atoms with Gasteiger partial charge in [0, 0.05) is 38.5 Å². The number of nitrogens with zero attached hydrogens (tertiary/aromatic N) is 5. The maximum atomic E-state index is 13.8. The normalized spacial score (nSPS) is 29.4. The molecule has 0 spiro atoms. The van der Waals surface area contributed by atoms with Crippen molar-refractivity contribution in [1.82, 2.24) is 25.0 Å². The highest BCUT2D eigenvalue weighted by Gasteiger charge is 2.73. The van der Waals surface area contributed by atoms with Gasteiger partial charge in [0.25, 0.3) is 0 Å². The summed E-state index contributed by atoms with van der Waals surface area (Å²) in [6.45, 7) is 1.10. The van der Waals surface area contributed by atoms with Gasteiger partial charge in [0.05, 0.1) is 23.5 Å². The molecule has 3 saturated carbocycles. The summed E-state index contributed by atoms with van der Waals surface area (Å²) in [5.41, 5.74) is 0.483. The molecule has 4 fully saturated rings. The van der Waals surface area contributed by atoms with Gasteiger partial charge in [-0.15, -0.1) is 5.10 Å². The van der Waals surface area contributed by atoms with Gasteiger partial charge in [0.15, 0.2) is 0 Å². The van der Waals surface area contributed by atoms with E-state index in [-0.39, 0.29) is 6.54 Å². The number of carbonyl (C=O) groups excluding carboxylic acids is 2. The molecule has 138 valence electrons. The van der Waals surface area contributed by atoms with Crippen LogP contribution in [-0.2, 0) is 16.1 Å². The largest absolute Gasteiger partial charge is 0.327 e. The van der Waals surface area contributed by atoms with Crippen molar-refractivity contribution < 1.29 is 14.0 Å². The minimum Gasteiger partial charge on any atom is -0.327 e. The fourth-order valence-corrected chi connectivity index (χ4v) is 4.47. The maximum absolute atomic E-state index is 13.8. The zero-order valence-electron chi connectivity index (χ0n) is 14.6. The van der Waals surface area contributed by atoms with Crippen molar-refractivity contribution in [3.05, 3.63) is 42.2 Å². The number of rotatable bonds is 4. The Bertz CT molecular complexity index is 898. The van der Waals surface area contributed by atoms with E-state index < -0.39 is 23.0 Å². The van der Waals surface area contributed by atoms with Crippen molar-refractivity contribution in [2.75, 3.05) is 13.1 Å². The van der Waals surface area contributed by atoms with Crippen LogP contribution in [0.2, 0.25) is 0 Å². The van der Waals surface area contributed by atoms with E-state index in [1.807, 2.05) is 18.2 Å². The standard InChI is InChI=1S/C19H18FN5O2/c20-18-10-19(11-18,12-18)25-8-7-24(16(26)17(25)27)9-13-4-5-15(23-22-13)14-3-1-2-6-21-14/h1-6H,7-12H2. The molecule has 2 amide bonds. The number of alkyl halides is 1. The Hall–Kier alpha value is -2.90. The van der Waals surface area contributed by atoms with Crippen LogP contribution in [0, 0.1) is 0 Å². The van der Waals surface area contributed by atoms with Gasteiger partial charge in [-0.3, -0.25) is 14.6 Å². The molecule has 8 heteroatoms. The molecule has 4 aliphatic rings. The number of pyridine rings is 1. The number of piperazine rings is 1. The molecule has 3 heterocycles. The lowest BCUT2D eigenvalue weighted by atomic mass is 9.46. The summed E-state index contributed by atoms with van der Waals surface area (Å²) < 4.78 is 13.8. The van der Waals surface area contributed by atoms with E-state index >= 15 is 0 Å². The van der Waals surface area contributed by atoms with Crippen LogP contribution < -0.4 is 0 Å². The van der Waals surface area contributed by atoms with Gasteiger partial charge in [-0.2, -0.15) is 5.10 Å². The molecule has 0 unspecified atom stereocenters. The third-order valence-electron chi connectivity index (χ3n) is 5.82. The first-order valence-electron chi connectivity index (χ1n) is 9.02. The summed E-state index contributed by atoms with van der Waals surface area (Å²) in [5.74, 6) is -1.07. The van der Waals surface area contributed by atoms with E-state index in [1.54, 1.807) is 23.2 Å². The van der Waals surface area contributed by atoms with Gasteiger partial charge in [-0.05, 0) is 24.3 Å². The van der Waals surface area contributed by atoms with Gasteiger partial charge in [0.2, 0.25) is 0 Å². The van der Waals surface area contributed by atoms with Gasteiger partial charge < -0.3 is 9.80 Å². The summed E-state index contributed by atoms with van der Waals surface area (Å²) in [6.07, 6.45) is 2.81. The number of amides is 2. The maximum Gasteiger partial charge on any atom is 0.312 e. The topological polar surface area (TPSA) is 79.3 Å². The Morgan fingerprint density at radius 1 is 0.963 bits per heavy atom. The second-order valence-corrected chi connectivity index (χ2v) is 7.71. The first-order valence-corrected chi connectivity index (χ1v) is 9.02. The minimum absolute atomic E-state index is 0.230. The van der Waals surface area contributed by atoms with Crippen LogP contribution in [0.3, 0.4) is 0 Å². The molecule has 1 saturated heterocycles. The Morgan fingerprint density at radius 2 is 1.78 bits per heavy atom. The van der Waals surface area contributed by atoms with Crippen LogP contribution in [0.25, 0.3) is 11.4 Å². The number of carbonyl (C=O) groups is 2. The Kier molecular flexibility index (Phi) is 3.35. The third kappa shape index (κ3) is 2.50. The third-order valence-corrected chi connectivity index (χ3v) is 5.82. The molecule has 0 N–H and O–H groups in total. The average Bonchev–Trinajstić information content (AvgIpc) is 2.64.